The third-order valence-electron chi connectivity index (χ3n) is 2.99. The molecule has 0 aliphatic heterocycles. The quantitative estimate of drug-likeness (QED) is 0.743. The molecular formula is C15H11ClN2O2S. The second-order valence-corrected chi connectivity index (χ2v) is 6.63. The number of hydrogen-bond donors (Lipinski definition) is 0. The van der Waals surface area contributed by atoms with Gasteiger partial charge in [-0.1, -0.05) is 48.0 Å². The van der Waals surface area contributed by atoms with Gasteiger partial charge in [0.15, 0.2) is 5.82 Å². The summed E-state index contributed by atoms with van der Waals surface area (Å²) in [7, 11) is -3.73. The standard InChI is InChI=1S/C15H11ClN2O2S/c16-13-7-4-8-14(11-13)21(19,20)18-10-9-17-15(18)12-5-2-1-3-6-12/h1-11H. The van der Waals surface area contributed by atoms with Crippen LogP contribution < -0.4 is 0 Å². The van der Waals surface area contributed by atoms with Crippen LogP contribution in [0.25, 0.3) is 11.4 Å². The van der Waals surface area contributed by atoms with Crippen LogP contribution in [0, 0.1) is 0 Å². The van der Waals surface area contributed by atoms with Gasteiger partial charge in [0.25, 0.3) is 10.0 Å². The third-order valence-corrected chi connectivity index (χ3v) is 4.89. The lowest BCUT2D eigenvalue weighted by molar-refractivity contribution is 0.588. The summed E-state index contributed by atoms with van der Waals surface area (Å²) in [6.07, 6.45) is 2.89. The van der Waals surface area contributed by atoms with E-state index in [-0.39, 0.29) is 4.90 Å². The fourth-order valence-corrected chi connectivity index (χ4v) is 3.62. The molecule has 21 heavy (non-hydrogen) atoms. The molecule has 0 radical (unpaired) electrons. The van der Waals surface area contributed by atoms with Crippen molar-refractivity contribution < 1.29 is 8.42 Å². The average molecular weight is 319 g/mol. The Morgan fingerprint density at radius 2 is 1.76 bits per heavy atom. The lowest BCUT2D eigenvalue weighted by Gasteiger charge is -2.09. The van der Waals surface area contributed by atoms with Gasteiger partial charge in [0.05, 0.1) is 4.90 Å². The maximum atomic E-state index is 12.7. The highest BCUT2D eigenvalue weighted by atomic mass is 35.5. The van der Waals surface area contributed by atoms with E-state index >= 15 is 0 Å². The largest absolute Gasteiger partial charge is 0.269 e. The van der Waals surface area contributed by atoms with Crippen LogP contribution in [0.2, 0.25) is 5.02 Å². The first-order chi connectivity index (χ1) is 10.1. The van der Waals surface area contributed by atoms with Gasteiger partial charge in [-0.3, -0.25) is 0 Å². The molecule has 0 unspecified atom stereocenters. The molecule has 6 heteroatoms. The van der Waals surface area contributed by atoms with Crippen molar-refractivity contribution in [1.82, 2.24) is 8.96 Å². The summed E-state index contributed by atoms with van der Waals surface area (Å²) >= 11 is 5.88. The van der Waals surface area contributed by atoms with Crippen LogP contribution >= 0.6 is 11.6 Å². The van der Waals surface area contributed by atoms with E-state index < -0.39 is 10.0 Å². The average Bonchev–Trinajstić information content (AvgIpc) is 2.98. The molecule has 0 aliphatic carbocycles. The first kappa shape index (κ1) is 13.9. The minimum Gasteiger partial charge on any atom is -0.236 e. The number of halogens is 1. The molecule has 106 valence electrons. The molecule has 1 aromatic heterocycles. The zero-order valence-electron chi connectivity index (χ0n) is 10.8. The van der Waals surface area contributed by atoms with Crippen LogP contribution in [0.5, 0.6) is 0 Å². The molecule has 2 aromatic carbocycles. The van der Waals surface area contributed by atoms with Crippen LogP contribution in [0.1, 0.15) is 0 Å². The smallest absolute Gasteiger partial charge is 0.236 e. The molecule has 0 amide bonds. The Hall–Kier alpha value is -2.11. The fraction of sp³-hybridized carbons (Fsp3) is 0. The van der Waals surface area contributed by atoms with Gasteiger partial charge >= 0.3 is 0 Å². The molecule has 0 atom stereocenters. The van der Waals surface area contributed by atoms with Gasteiger partial charge in [0.2, 0.25) is 0 Å². The van der Waals surface area contributed by atoms with Gasteiger partial charge in [0.1, 0.15) is 0 Å². The van der Waals surface area contributed by atoms with E-state index in [1.807, 2.05) is 30.3 Å². The van der Waals surface area contributed by atoms with E-state index in [1.165, 1.54) is 24.5 Å². The number of rotatable bonds is 3. The van der Waals surface area contributed by atoms with Crippen molar-refractivity contribution in [3.8, 4) is 11.4 Å². The second kappa shape index (κ2) is 5.35. The summed E-state index contributed by atoms with van der Waals surface area (Å²) < 4.78 is 26.6. The lowest BCUT2D eigenvalue weighted by Crippen LogP contribution is -2.13. The number of imidazole rings is 1. The summed E-state index contributed by atoms with van der Waals surface area (Å²) in [5.74, 6) is 0.371. The van der Waals surface area contributed by atoms with Crippen molar-refractivity contribution >= 4 is 21.6 Å². The summed E-state index contributed by atoms with van der Waals surface area (Å²) in [6, 6.07) is 15.3. The molecule has 0 aliphatic rings. The summed E-state index contributed by atoms with van der Waals surface area (Å²) in [6.45, 7) is 0. The molecular weight excluding hydrogens is 308 g/mol. The van der Waals surface area contributed by atoms with Crippen molar-refractivity contribution in [2.75, 3.05) is 0 Å². The number of nitrogens with zero attached hydrogens (tertiary/aromatic N) is 2. The van der Waals surface area contributed by atoms with Crippen molar-refractivity contribution in [1.29, 1.82) is 0 Å². The molecule has 1 heterocycles. The Morgan fingerprint density at radius 3 is 2.48 bits per heavy atom. The van der Waals surface area contributed by atoms with E-state index in [4.69, 9.17) is 11.6 Å². The monoisotopic (exact) mass is 318 g/mol. The van der Waals surface area contributed by atoms with E-state index in [1.54, 1.807) is 12.1 Å². The Balaban J connectivity index is 2.16. The molecule has 0 saturated carbocycles. The first-order valence-electron chi connectivity index (χ1n) is 6.19. The molecule has 0 fully saturated rings. The summed E-state index contributed by atoms with van der Waals surface area (Å²) in [4.78, 5) is 4.28. The zero-order valence-corrected chi connectivity index (χ0v) is 12.4. The van der Waals surface area contributed by atoms with E-state index in [0.717, 1.165) is 9.54 Å². The molecule has 0 N–H and O–H groups in total. The zero-order chi connectivity index (χ0) is 14.9. The van der Waals surface area contributed by atoms with Crippen LogP contribution in [0.15, 0.2) is 71.9 Å². The third kappa shape index (κ3) is 2.57. The van der Waals surface area contributed by atoms with Crippen LogP contribution in [0.3, 0.4) is 0 Å². The highest BCUT2D eigenvalue weighted by Crippen LogP contribution is 2.24. The van der Waals surface area contributed by atoms with Gasteiger partial charge in [-0.25, -0.2) is 17.4 Å². The minimum atomic E-state index is -3.73. The fourth-order valence-electron chi connectivity index (χ4n) is 2.02. The summed E-state index contributed by atoms with van der Waals surface area (Å²) in [5.41, 5.74) is 0.730. The van der Waals surface area contributed by atoms with Gasteiger partial charge < -0.3 is 0 Å². The maximum Gasteiger partial charge on any atom is 0.269 e. The van der Waals surface area contributed by atoms with Crippen molar-refractivity contribution in [3.63, 3.8) is 0 Å². The molecule has 0 saturated heterocycles. The molecule has 3 rings (SSSR count). The van der Waals surface area contributed by atoms with Gasteiger partial charge in [0, 0.05) is 23.0 Å². The Bertz CT molecular complexity index is 873. The van der Waals surface area contributed by atoms with Crippen molar-refractivity contribution in [3.05, 3.63) is 72.0 Å². The Labute approximate surface area is 127 Å². The predicted octanol–water partition coefficient (Wildman–Crippen LogP) is 3.44. The minimum absolute atomic E-state index is 0.130. The van der Waals surface area contributed by atoms with Crippen LogP contribution in [-0.2, 0) is 10.0 Å². The number of aromatic nitrogens is 2. The van der Waals surface area contributed by atoms with Crippen molar-refractivity contribution in [2.45, 2.75) is 4.90 Å². The van der Waals surface area contributed by atoms with Crippen LogP contribution in [0.4, 0.5) is 0 Å². The summed E-state index contributed by atoms with van der Waals surface area (Å²) in [5, 5.41) is 0.373. The maximum absolute atomic E-state index is 12.7. The second-order valence-electron chi connectivity index (χ2n) is 4.38. The van der Waals surface area contributed by atoms with Gasteiger partial charge in [-0.2, -0.15) is 0 Å². The highest BCUT2D eigenvalue weighted by Gasteiger charge is 2.21. The lowest BCUT2D eigenvalue weighted by atomic mass is 10.2. The predicted molar refractivity (Wildman–Crippen MR) is 81.7 cm³/mol. The Morgan fingerprint density at radius 1 is 1.00 bits per heavy atom. The number of benzene rings is 2. The highest BCUT2D eigenvalue weighted by molar-refractivity contribution is 7.90. The number of hydrogen-bond acceptors (Lipinski definition) is 3. The van der Waals surface area contributed by atoms with Crippen molar-refractivity contribution in [2.24, 2.45) is 0 Å². The SMILES string of the molecule is O=S(=O)(c1cccc(Cl)c1)n1ccnc1-c1ccccc1. The van der Waals surface area contributed by atoms with E-state index in [0.29, 0.717) is 10.8 Å². The normalized spacial score (nSPS) is 11.5. The molecule has 3 aromatic rings. The molecule has 4 nitrogen and oxygen atoms in total. The van der Waals surface area contributed by atoms with E-state index in [9.17, 15) is 8.42 Å². The topological polar surface area (TPSA) is 52.0 Å². The first-order valence-corrected chi connectivity index (χ1v) is 8.01. The molecule has 0 spiro atoms. The Kier molecular flexibility index (Phi) is 3.53. The van der Waals surface area contributed by atoms with Gasteiger partial charge in [-0.05, 0) is 18.2 Å². The van der Waals surface area contributed by atoms with Crippen LogP contribution in [-0.4, -0.2) is 17.4 Å². The van der Waals surface area contributed by atoms with E-state index in [2.05, 4.69) is 4.98 Å². The molecule has 0 bridgehead atoms. The van der Waals surface area contributed by atoms with Gasteiger partial charge in [-0.15, -0.1) is 0 Å².